The Morgan fingerprint density at radius 2 is 2.41 bits per heavy atom. The van der Waals surface area contributed by atoms with Crippen molar-refractivity contribution in [2.75, 3.05) is 6.61 Å². The summed E-state index contributed by atoms with van der Waals surface area (Å²) in [5.41, 5.74) is 0. The number of carbonyl (C=O) groups is 1. The molecule has 0 bridgehead atoms. The summed E-state index contributed by atoms with van der Waals surface area (Å²) in [6.45, 7) is 4.96. The van der Waals surface area contributed by atoms with Crippen LogP contribution in [0.15, 0.2) is 17.5 Å². The zero-order chi connectivity index (χ0) is 12.3. The van der Waals surface area contributed by atoms with Crippen molar-refractivity contribution in [3.8, 4) is 0 Å². The molecule has 1 saturated heterocycles. The van der Waals surface area contributed by atoms with Crippen molar-refractivity contribution < 1.29 is 9.53 Å². The van der Waals surface area contributed by atoms with Crippen LogP contribution in [0.2, 0.25) is 0 Å². The van der Waals surface area contributed by atoms with E-state index in [0.717, 1.165) is 12.8 Å². The molecule has 3 nitrogen and oxygen atoms in total. The summed E-state index contributed by atoms with van der Waals surface area (Å²) >= 11 is 1.69. The Morgan fingerprint density at radius 3 is 2.94 bits per heavy atom. The van der Waals surface area contributed by atoms with Crippen LogP contribution in [0.25, 0.3) is 0 Å². The maximum atomic E-state index is 12.0. The molecule has 2 unspecified atom stereocenters. The molecule has 4 heteroatoms. The van der Waals surface area contributed by atoms with E-state index in [-0.39, 0.29) is 18.1 Å². The van der Waals surface area contributed by atoms with E-state index < -0.39 is 0 Å². The smallest absolute Gasteiger partial charge is 0.249 e. The zero-order valence-corrected chi connectivity index (χ0v) is 11.1. The van der Waals surface area contributed by atoms with Gasteiger partial charge in [-0.25, -0.2) is 0 Å². The maximum absolute atomic E-state index is 12.0. The minimum absolute atomic E-state index is 0.0367. The molecule has 0 radical (unpaired) electrons. The molecule has 1 aromatic heterocycles. The summed E-state index contributed by atoms with van der Waals surface area (Å²) in [5, 5.41) is 5.15. The molecule has 1 aromatic rings. The van der Waals surface area contributed by atoms with E-state index in [4.69, 9.17) is 4.74 Å². The van der Waals surface area contributed by atoms with Gasteiger partial charge in [-0.05, 0) is 30.2 Å². The number of rotatable bonds is 4. The first-order chi connectivity index (χ1) is 8.18. The van der Waals surface area contributed by atoms with Crippen LogP contribution in [0, 0.1) is 5.92 Å². The van der Waals surface area contributed by atoms with Gasteiger partial charge in [0.2, 0.25) is 5.91 Å². The molecule has 0 spiro atoms. The quantitative estimate of drug-likeness (QED) is 0.896. The monoisotopic (exact) mass is 253 g/mol. The van der Waals surface area contributed by atoms with Crippen molar-refractivity contribution in [1.29, 1.82) is 0 Å². The van der Waals surface area contributed by atoms with E-state index in [1.165, 1.54) is 4.88 Å². The van der Waals surface area contributed by atoms with Crippen LogP contribution >= 0.6 is 11.3 Å². The first-order valence-corrected chi connectivity index (χ1v) is 7.02. The predicted octanol–water partition coefficient (Wildman–Crippen LogP) is 2.74. The first kappa shape index (κ1) is 12.6. The molecule has 1 N–H and O–H groups in total. The van der Waals surface area contributed by atoms with Gasteiger partial charge in [-0.3, -0.25) is 4.79 Å². The molecular weight excluding hydrogens is 234 g/mol. The van der Waals surface area contributed by atoms with E-state index in [0.29, 0.717) is 12.5 Å². The van der Waals surface area contributed by atoms with Gasteiger partial charge in [-0.1, -0.05) is 19.9 Å². The standard InChI is InChI=1S/C13H19NO2S/c1-9(2)12(11-6-4-8-17-11)14-13(15)10-5-3-7-16-10/h4,6,8-10,12H,3,5,7H2,1-2H3,(H,14,15). The molecule has 17 heavy (non-hydrogen) atoms. The highest BCUT2D eigenvalue weighted by Gasteiger charge is 2.27. The zero-order valence-electron chi connectivity index (χ0n) is 10.3. The number of carbonyl (C=O) groups excluding carboxylic acids is 1. The van der Waals surface area contributed by atoms with Crippen molar-refractivity contribution in [2.45, 2.75) is 38.8 Å². The highest BCUT2D eigenvalue weighted by molar-refractivity contribution is 7.10. The highest BCUT2D eigenvalue weighted by atomic mass is 32.1. The summed E-state index contributed by atoms with van der Waals surface area (Å²) in [6, 6.07) is 4.20. The number of ether oxygens (including phenoxy) is 1. The lowest BCUT2D eigenvalue weighted by Gasteiger charge is -2.22. The first-order valence-electron chi connectivity index (χ1n) is 6.14. The molecule has 0 aliphatic carbocycles. The third-order valence-electron chi connectivity index (χ3n) is 3.04. The van der Waals surface area contributed by atoms with E-state index in [1.54, 1.807) is 11.3 Å². The maximum Gasteiger partial charge on any atom is 0.249 e. The van der Waals surface area contributed by atoms with Gasteiger partial charge in [-0.15, -0.1) is 11.3 Å². The molecule has 2 atom stereocenters. The van der Waals surface area contributed by atoms with Crippen molar-refractivity contribution in [2.24, 2.45) is 5.92 Å². The second kappa shape index (κ2) is 5.65. The van der Waals surface area contributed by atoms with Gasteiger partial charge < -0.3 is 10.1 Å². The number of hydrogen-bond donors (Lipinski definition) is 1. The minimum atomic E-state index is -0.240. The number of nitrogens with one attached hydrogen (secondary N) is 1. The average molecular weight is 253 g/mol. The van der Waals surface area contributed by atoms with Crippen LogP contribution in [-0.4, -0.2) is 18.6 Å². The molecule has 1 aliphatic heterocycles. The van der Waals surface area contributed by atoms with Gasteiger partial charge in [-0.2, -0.15) is 0 Å². The summed E-state index contributed by atoms with van der Waals surface area (Å²) in [5.74, 6) is 0.425. The Hall–Kier alpha value is -0.870. The molecule has 1 aliphatic rings. The van der Waals surface area contributed by atoms with E-state index >= 15 is 0 Å². The van der Waals surface area contributed by atoms with E-state index in [2.05, 4.69) is 25.2 Å². The number of thiophene rings is 1. The van der Waals surface area contributed by atoms with Crippen molar-refractivity contribution >= 4 is 17.2 Å². The normalized spacial score (nSPS) is 21.7. The molecule has 2 heterocycles. The number of amides is 1. The van der Waals surface area contributed by atoms with Gasteiger partial charge in [0, 0.05) is 11.5 Å². The van der Waals surface area contributed by atoms with E-state index in [9.17, 15) is 4.79 Å². The van der Waals surface area contributed by atoms with Gasteiger partial charge in [0.05, 0.1) is 6.04 Å². The molecule has 2 rings (SSSR count). The van der Waals surface area contributed by atoms with Crippen LogP contribution < -0.4 is 5.32 Å². The lowest BCUT2D eigenvalue weighted by atomic mass is 10.0. The SMILES string of the molecule is CC(C)C(NC(=O)C1CCCO1)c1cccs1. The van der Waals surface area contributed by atoms with Gasteiger partial charge in [0.15, 0.2) is 0 Å². The summed E-state index contributed by atoms with van der Waals surface area (Å²) < 4.78 is 5.40. The molecule has 0 aromatic carbocycles. The van der Waals surface area contributed by atoms with Crippen molar-refractivity contribution in [1.82, 2.24) is 5.32 Å². The largest absolute Gasteiger partial charge is 0.368 e. The third kappa shape index (κ3) is 3.07. The second-order valence-corrected chi connectivity index (χ2v) is 5.73. The Morgan fingerprint density at radius 1 is 1.59 bits per heavy atom. The van der Waals surface area contributed by atoms with Gasteiger partial charge in [0.25, 0.3) is 0 Å². The van der Waals surface area contributed by atoms with Crippen molar-refractivity contribution in [3.05, 3.63) is 22.4 Å². The summed E-state index contributed by atoms with van der Waals surface area (Å²) in [4.78, 5) is 13.2. The van der Waals surface area contributed by atoms with Crippen LogP contribution in [-0.2, 0) is 9.53 Å². The summed E-state index contributed by atoms with van der Waals surface area (Å²) in [6.07, 6.45) is 1.60. The molecule has 0 saturated carbocycles. The predicted molar refractivity (Wildman–Crippen MR) is 69.0 cm³/mol. The van der Waals surface area contributed by atoms with Gasteiger partial charge >= 0.3 is 0 Å². The van der Waals surface area contributed by atoms with E-state index in [1.807, 2.05) is 11.4 Å². The minimum Gasteiger partial charge on any atom is -0.368 e. The van der Waals surface area contributed by atoms with Crippen molar-refractivity contribution in [3.63, 3.8) is 0 Å². The average Bonchev–Trinajstić information content (AvgIpc) is 2.97. The van der Waals surface area contributed by atoms with Crippen LogP contribution in [0.4, 0.5) is 0 Å². The lowest BCUT2D eigenvalue weighted by molar-refractivity contribution is -0.131. The Balaban J connectivity index is 2.00. The summed E-state index contributed by atoms with van der Waals surface area (Å²) in [7, 11) is 0. The fourth-order valence-corrected chi connectivity index (χ4v) is 3.01. The number of hydrogen-bond acceptors (Lipinski definition) is 3. The molecule has 1 amide bonds. The fourth-order valence-electron chi connectivity index (χ4n) is 2.07. The molecule has 94 valence electrons. The third-order valence-corrected chi connectivity index (χ3v) is 3.99. The Labute approximate surface area is 106 Å². The topological polar surface area (TPSA) is 38.3 Å². The fraction of sp³-hybridized carbons (Fsp3) is 0.615. The Kier molecular flexibility index (Phi) is 4.18. The van der Waals surface area contributed by atoms with Crippen LogP contribution in [0.5, 0.6) is 0 Å². The lowest BCUT2D eigenvalue weighted by Crippen LogP contribution is -2.38. The molecular formula is C13H19NO2S. The second-order valence-electron chi connectivity index (χ2n) is 4.75. The van der Waals surface area contributed by atoms with Gasteiger partial charge in [0.1, 0.15) is 6.10 Å². The van der Waals surface area contributed by atoms with Crippen LogP contribution in [0.1, 0.15) is 37.6 Å². The molecule has 1 fully saturated rings. The van der Waals surface area contributed by atoms with Crippen LogP contribution in [0.3, 0.4) is 0 Å². The highest BCUT2D eigenvalue weighted by Crippen LogP contribution is 2.26. The Bertz CT molecular complexity index is 356.